The molecule has 0 aliphatic carbocycles. The summed E-state index contributed by atoms with van der Waals surface area (Å²) < 4.78 is 46.8. The number of carbonyl (C=O) groups excluding carboxylic acids is 1. The summed E-state index contributed by atoms with van der Waals surface area (Å²) in [4.78, 5) is 12.3. The molecule has 0 bridgehead atoms. The quantitative estimate of drug-likeness (QED) is 0.776. The van der Waals surface area contributed by atoms with Crippen molar-refractivity contribution in [3.8, 4) is 11.5 Å². The van der Waals surface area contributed by atoms with E-state index < -0.39 is 6.36 Å². The van der Waals surface area contributed by atoms with Crippen molar-refractivity contribution in [2.24, 2.45) is 0 Å². The molecular weight excluding hydrogens is 415 g/mol. The minimum atomic E-state index is -4.73. The highest BCUT2D eigenvalue weighted by atomic mass is 79.9. The first-order valence-electron chi connectivity index (χ1n) is 7.86. The van der Waals surface area contributed by atoms with E-state index in [-0.39, 0.29) is 24.1 Å². The molecule has 0 saturated carbocycles. The highest BCUT2D eigenvalue weighted by Crippen LogP contribution is 2.34. The Morgan fingerprint density at radius 3 is 2.65 bits per heavy atom. The van der Waals surface area contributed by atoms with Gasteiger partial charge in [-0.05, 0) is 35.9 Å². The van der Waals surface area contributed by atoms with E-state index in [1.807, 2.05) is 18.2 Å². The first-order valence-corrected chi connectivity index (χ1v) is 8.66. The van der Waals surface area contributed by atoms with Gasteiger partial charge in [0, 0.05) is 16.5 Å². The minimum Gasteiger partial charge on any atom is -0.493 e. The SMILES string of the molecule is O=C(Cc1ccc(OC(F)(F)F)cc1)NC1CCOc2ccc(Br)cc21. The number of ether oxygens (including phenoxy) is 2. The third-order valence-corrected chi connectivity index (χ3v) is 4.36. The summed E-state index contributed by atoms with van der Waals surface area (Å²) in [7, 11) is 0. The van der Waals surface area contributed by atoms with E-state index in [0.29, 0.717) is 18.6 Å². The second-order valence-corrected chi connectivity index (χ2v) is 6.72. The van der Waals surface area contributed by atoms with Crippen LogP contribution in [0.5, 0.6) is 11.5 Å². The zero-order valence-corrected chi connectivity index (χ0v) is 15.1. The Morgan fingerprint density at radius 1 is 1.23 bits per heavy atom. The van der Waals surface area contributed by atoms with Gasteiger partial charge in [0.2, 0.25) is 5.91 Å². The molecule has 4 nitrogen and oxygen atoms in total. The van der Waals surface area contributed by atoms with Gasteiger partial charge < -0.3 is 14.8 Å². The summed E-state index contributed by atoms with van der Waals surface area (Å²) in [6, 6.07) is 10.7. The maximum atomic E-state index is 12.3. The molecule has 138 valence electrons. The van der Waals surface area contributed by atoms with Crippen molar-refractivity contribution in [3.63, 3.8) is 0 Å². The molecular formula is C18H15BrF3NO3. The summed E-state index contributed by atoms with van der Waals surface area (Å²) >= 11 is 3.41. The first kappa shape index (κ1) is 18.6. The summed E-state index contributed by atoms with van der Waals surface area (Å²) in [5.74, 6) is 0.204. The summed E-state index contributed by atoms with van der Waals surface area (Å²) in [6.07, 6.45) is -4.02. The van der Waals surface area contributed by atoms with Crippen LogP contribution in [-0.2, 0) is 11.2 Å². The number of rotatable bonds is 4. The highest BCUT2D eigenvalue weighted by Gasteiger charge is 2.31. The van der Waals surface area contributed by atoms with Crippen LogP contribution in [-0.4, -0.2) is 18.9 Å². The summed E-state index contributed by atoms with van der Waals surface area (Å²) in [5, 5.41) is 2.95. The second-order valence-electron chi connectivity index (χ2n) is 5.81. The van der Waals surface area contributed by atoms with Crippen LogP contribution in [0.2, 0.25) is 0 Å². The normalized spacial score (nSPS) is 16.4. The lowest BCUT2D eigenvalue weighted by atomic mass is 10.00. The fraction of sp³-hybridized carbons (Fsp3) is 0.278. The van der Waals surface area contributed by atoms with Crippen molar-refractivity contribution >= 4 is 21.8 Å². The zero-order chi connectivity index (χ0) is 18.7. The van der Waals surface area contributed by atoms with Gasteiger partial charge in [0.05, 0.1) is 19.1 Å². The highest BCUT2D eigenvalue weighted by molar-refractivity contribution is 9.10. The molecule has 3 rings (SSSR count). The van der Waals surface area contributed by atoms with Crippen LogP contribution in [0.4, 0.5) is 13.2 Å². The summed E-state index contributed by atoms with van der Waals surface area (Å²) in [6.45, 7) is 0.503. The van der Waals surface area contributed by atoms with E-state index >= 15 is 0 Å². The molecule has 0 saturated heterocycles. The van der Waals surface area contributed by atoms with Gasteiger partial charge in [-0.15, -0.1) is 13.2 Å². The number of carbonyl (C=O) groups is 1. The van der Waals surface area contributed by atoms with Crippen molar-refractivity contribution in [2.75, 3.05) is 6.61 Å². The van der Waals surface area contributed by atoms with Crippen LogP contribution in [0, 0.1) is 0 Å². The minimum absolute atomic E-state index is 0.0625. The molecule has 1 unspecified atom stereocenters. The smallest absolute Gasteiger partial charge is 0.493 e. The summed E-state index contributed by atoms with van der Waals surface area (Å²) in [5.41, 5.74) is 1.49. The molecule has 0 fully saturated rings. The average Bonchev–Trinajstić information content (AvgIpc) is 2.56. The van der Waals surface area contributed by atoms with E-state index in [1.54, 1.807) is 0 Å². The molecule has 8 heteroatoms. The maximum absolute atomic E-state index is 12.3. The largest absolute Gasteiger partial charge is 0.573 e. The van der Waals surface area contributed by atoms with E-state index in [0.717, 1.165) is 15.8 Å². The molecule has 1 N–H and O–H groups in total. The number of benzene rings is 2. The Labute approximate surface area is 156 Å². The molecule has 1 aliphatic rings. The molecule has 26 heavy (non-hydrogen) atoms. The lowest BCUT2D eigenvalue weighted by Gasteiger charge is -2.27. The first-order chi connectivity index (χ1) is 12.3. The second kappa shape index (κ2) is 7.57. The van der Waals surface area contributed by atoms with Gasteiger partial charge in [-0.3, -0.25) is 4.79 Å². The van der Waals surface area contributed by atoms with E-state index in [4.69, 9.17) is 4.74 Å². The number of fused-ring (bicyclic) bond motifs is 1. The van der Waals surface area contributed by atoms with Gasteiger partial charge in [0.15, 0.2) is 0 Å². The van der Waals surface area contributed by atoms with Gasteiger partial charge in [-0.1, -0.05) is 28.1 Å². The number of halogens is 4. The van der Waals surface area contributed by atoms with E-state index in [2.05, 4.69) is 26.0 Å². The zero-order valence-electron chi connectivity index (χ0n) is 13.5. The lowest BCUT2D eigenvalue weighted by molar-refractivity contribution is -0.274. The fourth-order valence-electron chi connectivity index (χ4n) is 2.75. The number of hydrogen-bond acceptors (Lipinski definition) is 3. The van der Waals surface area contributed by atoms with Gasteiger partial charge in [0.25, 0.3) is 0 Å². The Morgan fingerprint density at radius 2 is 1.96 bits per heavy atom. The van der Waals surface area contributed by atoms with Crippen LogP contribution in [0.1, 0.15) is 23.6 Å². The van der Waals surface area contributed by atoms with Gasteiger partial charge in [-0.25, -0.2) is 0 Å². The molecule has 2 aromatic rings. The molecule has 1 amide bonds. The van der Waals surface area contributed by atoms with Gasteiger partial charge in [-0.2, -0.15) is 0 Å². The fourth-order valence-corrected chi connectivity index (χ4v) is 3.13. The van der Waals surface area contributed by atoms with Crippen LogP contribution < -0.4 is 14.8 Å². The van der Waals surface area contributed by atoms with Crippen LogP contribution in [0.3, 0.4) is 0 Å². The number of nitrogens with one attached hydrogen (secondary N) is 1. The van der Waals surface area contributed by atoms with Crippen molar-refractivity contribution in [2.45, 2.75) is 25.2 Å². The molecule has 0 aromatic heterocycles. The third-order valence-electron chi connectivity index (χ3n) is 3.87. The van der Waals surface area contributed by atoms with Gasteiger partial charge >= 0.3 is 6.36 Å². The monoisotopic (exact) mass is 429 g/mol. The molecule has 0 radical (unpaired) electrons. The van der Waals surface area contributed by atoms with E-state index in [9.17, 15) is 18.0 Å². The molecule has 1 aliphatic heterocycles. The Balaban J connectivity index is 1.62. The molecule has 0 spiro atoms. The van der Waals surface area contributed by atoms with Gasteiger partial charge in [0.1, 0.15) is 11.5 Å². The lowest BCUT2D eigenvalue weighted by Crippen LogP contribution is -2.33. The molecule has 1 atom stereocenters. The Kier molecular flexibility index (Phi) is 5.41. The third kappa shape index (κ3) is 4.91. The number of alkyl halides is 3. The van der Waals surface area contributed by atoms with Crippen molar-refractivity contribution in [1.82, 2.24) is 5.32 Å². The standard InChI is InChI=1S/C18H15BrF3NO3/c19-12-3-6-16-14(10-12)15(7-8-25-16)23-17(24)9-11-1-4-13(5-2-11)26-18(20,21)22/h1-6,10,15H,7-9H2,(H,23,24). The predicted molar refractivity (Wildman–Crippen MR) is 92.0 cm³/mol. The average molecular weight is 430 g/mol. The number of amides is 1. The topological polar surface area (TPSA) is 47.6 Å². The Bertz CT molecular complexity index is 793. The van der Waals surface area contributed by atoms with Crippen LogP contribution >= 0.6 is 15.9 Å². The van der Waals surface area contributed by atoms with Crippen LogP contribution in [0.25, 0.3) is 0 Å². The van der Waals surface area contributed by atoms with E-state index in [1.165, 1.54) is 24.3 Å². The van der Waals surface area contributed by atoms with Crippen molar-refractivity contribution in [3.05, 3.63) is 58.1 Å². The number of hydrogen-bond donors (Lipinski definition) is 1. The Hall–Kier alpha value is -2.22. The molecule has 2 aromatic carbocycles. The maximum Gasteiger partial charge on any atom is 0.573 e. The predicted octanol–water partition coefficient (Wildman–Crippen LogP) is 4.53. The van der Waals surface area contributed by atoms with Crippen molar-refractivity contribution in [1.29, 1.82) is 0 Å². The van der Waals surface area contributed by atoms with Crippen molar-refractivity contribution < 1.29 is 27.4 Å². The molecule has 1 heterocycles. The van der Waals surface area contributed by atoms with Crippen LogP contribution in [0.15, 0.2) is 46.9 Å².